The van der Waals surface area contributed by atoms with Gasteiger partial charge in [-0.1, -0.05) is 19.1 Å². The van der Waals surface area contributed by atoms with E-state index in [1.54, 1.807) is 17.0 Å². The van der Waals surface area contributed by atoms with Gasteiger partial charge in [0.15, 0.2) is 0 Å². The van der Waals surface area contributed by atoms with E-state index in [0.717, 1.165) is 5.56 Å². The van der Waals surface area contributed by atoms with E-state index in [0.29, 0.717) is 19.7 Å². The zero-order valence-corrected chi connectivity index (χ0v) is 12.5. The predicted octanol–water partition coefficient (Wildman–Crippen LogP) is 2.02. The van der Waals surface area contributed by atoms with E-state index in [1.165, 1.54) is 12.1 Å². The standard InChI is InChI=1S/C16H20FNO4/c1-11(12-3-2-4-13(17)8-12)7-15(19)18-5-6-22-14(10-18)9-16(20)21/h2-4,8,11,14H,5-7,9-10H2,1H3,(H,20,21)/t11-,14+/m1/s1. The number of carbonyl (C=O) groups is 2. The van der Waals surface area contributed by atoms with E-state index in [2.05, 4.69) is 0 Å². The van der Waals surface area contributed by atoms with Crippen molar-refractivity contribution >= 4 is 11.9 Å². The molecule has 2 rings (SSSR count). The average molecular weight is 309 g/mol. The summed E-state index contributed by atoms with van der Waals surface area (Å²) in [6, 6.07) is 6.23. The normalized spacial score (nSPS) is 19.7. The second kappa shape index (κ2) is 7.35. The Kier molecular flexibility index (Phi) is 5.49. The molecule has 0 unspecified atom stereocenters. The van der Waals surface area contributed by atoms with Gasteiger partial charge in [0.05, 0.1) is 19.1 Å². The highest BCUT2D eigenvalue weighted by atomic mass is 19.1. The lowest BCUT2D eigenvalue weighted by molar-refractivity contribution is -0.147. The number of amides is 1. The monoisotopic (exact) mass is 309 g/mol. The number of nitrogens with zero attached hydrogens (tertiary/aromatic N) is 1. The number of hydrogen-bond donors (Lipinski definition) is 1. The highest BCUT2D eigenvalue weighted by Gasteiger charge is 2.26. The van der Waals surface area contributed by atoms with Crippen molar-refractivity contribution in [2.45, 2.75) is 31.8 Å². The Hall–Kier alpha value is -1.95. The molecule has 1 amide bonds. The summed E-state index contributed by atoms with van der Waals surface area (Å²) in [5.41, 5.74) is 0.781. The van der Waals surface area contributed by atoms with Crippen molar-refractivity contribution in [2.75, 3.05) is 19.7 Å². The van der Waals surface area contributed by atoms with Crippen molar-refractivity contribution in [2.24, 2.45) is 0 Å². The summed E-state index contributed by atoms with van der Waals surface area (Å²) in [5, 5.41) is 8.79. The van der Waals surface area contributed by atoms with E-state index in [-0.39, 0.29) is 30.5 Å². The molecule has 1 heterocycles. The molecule has 22 heavy (non-hydrogen) atoms. The third kappa shape index (κ3) is 4.53. The average Bonchev–Trinajstić information content (AvgIpc) is 2.46. The molecule has 1 aliphatic heterocycles. The third-order valence-electron chi connectivity index (χ3n) is 3.79. The van der Waals surface area contributed by atoms with E-state index >= 15 is 0 Å². The minimum absolute atomic E-state index is 0.0598. The number of halogens is 1. The molecule has 0 aromatic heterocycles. The van der Waals surface area contributed by atoms with Crippen molar-refractivity contribution in [3.8, 4) is 0 Å². The van der Waals surface area contributed by atoms with E-state index < -0.39 is 12.1 Å². The number of carboxylic acids is 1. The van der Waals surface area contributed by atoms with Crippen LogP contribution in [0.5, 0.6) is 0 Å². The summed E-state index contributed by atoms with van der Waals surface area (Å²) < 4.78 is 18.6. The third-order valence-corrected chi connectivity index (χ3v) is 3.79. The number of morpholine rings is 1. The van der Waals surface area contributed by atoms with Crippen molar-refractivity contribution < 1.29 is 23.8 Å². The van der Waals surface area contributed by atoms with Gasteiger partial charge in [0.25, 0.3) is 0 Å². The van der Waals surface area contributed by atoms with Crippen molar-refractivity contribution in [3.05, 3.63) is 35.6 Å². The molecule has 0 spiro atoms. The van der Waals surface area contributed by atoms with Crippen LogP contribution in [-0.2, 0) is 14.3 Å². The first kappa shape index (κ1) is 16.4. The quantitative estimate of drug-likeness (QED) is 0.903. The van der Waals surface area contributed by atoms with Gasteiger partial charge < -0.3 is 14.7 Å². The number of benzene rings is 1. The molecule has 1 saturated heterocycles. The first-order valence-corrected chi connectivity index (χ1v) is 7.32. The Balaban J connectivity index is 1.92. The van der Waals surface area contributed by atoms with Crippen LogP contribution in [0.3, 0.4) is 0 Å². The first-order valence-electron chi connectivity index (χ1n) is 7.32. The molecule has 120 valence electrons. The summed E-state index contributed by atoms with van der Waals surface area (Å²) in [6.07, 6.45) is -0.299. The highest BCUT2D eigenvalue weighted by Crippen LogP contribution is 2.21. The zero-order valence-electron chi connectivity index (χ0n) is 12.5. The smallest absolute Gasteiger partial charge is 0.306 e. The molecule has 1 aromatic carbocycles. The van der Waals surface area contributed by atoms with Gasteiger partial charge in [-0.15, -0.1) is 0 Å². The topological polar surface area (TPSA) is 66.8 Å². The Morgan fingerprint density at radius 1 is 1.50 bits per heavy atom. The Labute approximate surface area is 128 Å². The Morgan fingerprint density at radius 2 is 2.27 bits per heavy atom. The molecule has 6 heteroatoms. The van der Waals surface area contributed by atoms with E-state index in [1.807, 2.05) is 6.92 Å². The van der Waals surface area contributed by atoms with Crippen LogP contribution in [0.15, 0.2) is 24.3 Å². The summed E-state index contributed by atoms with van der Waals surface area (Å²) in [6.45, 7) is 2.98. The molecular weight excluding hydrogens is 289 g/mol. The molecule has 1 aromatic rings. The fraction of sp³-hybridized carbons (Fsp3) is 0.500. The minimum atomic E-state index is -0.938. The van der Waals surface area contributed by atoms with Crippen LogP contribution in [0.25, 0.3) is 0 Å². The molecule has 5 nitrogen and oxygen atoms in total. The predicted molar refractivity (Wildman–Crippen MR) is 78.0 cm³/mol. The molecule has 1 N–H and O–H groups in total. The molecule has 0 bridgehead atoms. The maximum atomic E-state index is 13.2. The molecule has 0 aliphatic carbocycles. The van der Waals surface area contributed by atoms with Gasteiger partial charge in [-0.05, 0) is 23.6 Å². The lowest BCUT2D eigenvalue weighted by Crippen LogP contribution is -2.46. The number of carbonyl (C=O) groups excluding carboxylic acids is 1. The fourth-order valence-electron chi connectivity index (χ4n) is 2.59. The Morgan fingerprint density at radius 3 is 2.95 bits per heavy atom. The van der Waals surface area contributed by atoms with Crippen molar-refractivity contribution in [1.29, 1.82) is 0 Å². The SMILES string of the molecule is C[C@H](CC(=O)N1CCO[C@@H](CC(=O)O)C1)c1cccc(F)c1. The van der Waals surface area contributed by atoms with Gasteiger partial charge in [0.2, 0.25) is 5.91 Å². The van der Waals surface area contributed by atoms with Crippen LogP contribution in [0, 0.1) is 5.82 Å². The maximum absolute atomic E-state index is 13.2. The Bertz CT molecular complexity index is 549. The number of ether oxygens (including phenoxy) is 1. The van der Waals surface area contributed by atoms with E-state index in [4.69, 9.17) is 9.84 Å². The van der Waals surface area contributed by atoms with Crippen molar-refractivity contribution in [3.63, 3.8) is 0 Å². The van der Waals surface area contributed by atoms with E-state index in [9.17, 15) is 14.0 Å². The largest absolute Gasteiger partial charge is 0.481 e. The van der Waals surface area contributed by atoms with Crippen LogP contribution in [-0.4, -0.2) is 47.7 Å². The fourth-order valence-corrected chi connectivity index (χ4v) is 2.59. The second-order valence-corrected chi connectivity index (χ2v) is 5.59. The molecule has 2 atom stereocenters. The number of hydrogen-bond acceptors (Lipinski definition) is 3. The number of carboxylic acid groups (broad SMARTS) is 1. The summed E-state index contributed by atoms with van der Waals surface area (Å²) in [5.74, 6) is -1.41. The molecule has 0 radical (unpaired) electrons. The number of rotatable bonds is 5. The molecule has 0 saturated carbocycles. The summed E-state index contributed by atoms with van der Waals surface area (Å²) in [7, 11) is 0. The second-order valence-electron chi connectivity index (χ2n) is 5.59. The molecule has 1 fully saturated rings. The van der Waals surface area contributed by atoms with Gasteiger partial charge in [-0.25, -0.2) is 4.39 Å². The molecule has 1 aliphatic rings. The van der Waals surface area contributed by atoms with Crippen LogP contribution in [0.4, 0.5) is 4.39 Å². The van der Waals surface area contributed by atoms with Crippen LogP contribution < -0.4 is 0 Å². The molecular formula is C16H20FNO4. The van der Waals surface area contributed by atoms with Crippen LogP contribution >= 0.6 is 0 Å². The van der Waals surface area contributed by atoms with Gasteiger partial charge in [-0.3, -0.25) is 9.59 Å². The van der Waals surface area contributed by atoms with Crippen LogP contribution in [0.1, 0.15) is 31.2 Å². The van der Waals surface area contributed by atoms with Gasteiger partial charge in [-0.2, -0.15) is 0 Å². The lowest BCUT2D eigenvalue weighted by atomic mass is 9.97. The lowest BCUT2D eigenvalue weighted by Gasteiger charge is -2.33. The van der Waals surface area contributed by atoms with Crippen molar-refractivity contribution in [1.82, 2.24) is 4.90 Å². The minimum Gasteiger partial charge on any atom is -0.481 e. The maximum Gasteiger partial charge on any atom is 0.306 e. The van der Waals surface area contributed by atoms with Gasteiger partial charge in [0.1, 0.15) is 5.82 Å². The van der Waals surface area contributed by atoms with Crippen LogP contribution in [0.2, 0.25) is 0 Å². The summed E-state index contributed by atoms with van der Waals surface area (Å²) in [4.78, 5) is 24.7. The number of aliphatic carboxylic acids is 1. The summed E-state index contributed by atoms with van der Waals surface area (Å²) >= 11 is 0. The van der Waals surface area contributed by atoms with Gasteiger partial charge >= 0.3 is 5.97 Å². The first-order chi connectivity index (χ1) is 10.5. The zero-order chi connectivity index (χ0) is 16.1. The van der Waals surface area contributed by atoms with Gasteiger partial charge in [0, 0.05) is 19.5 Å². The highest BCUT2D eigenvalue weighted by molar-refractivity contribution is 5.77.